The third-order valence-electron chi connectivity index (χ3n) is 3.39. The molecule has 0 aromatic carbocycles. The van der Waals surface area contributed by atoms with Gasteiger partial charge in [-0.1, -0.05) is 0 Å². The SMILES string of the molecule is COC(=O)C(C)(C)CNCc1c(Br)nc2n1CCOC2. The van der Waals surface area contributed by atoms with Gasteiger partial charge >= 0.3 is 5.97 Å². The van der Waals surface area contributed by atoms with Crippen molar-refractivity contribution in [3.63, 3.8) is 0 Å². The monoisotopic (exact) mass is 345 g/mol. The van der Waals surface area contributed by atoms with E-state index in [1.54, 1.807) is 0 Å². The molecule has 7 heteroatoms. The molecule has 1 aliphatic heterocycles. The van der Waals surface area contributed by atoms with Crippen molar-refractivity contribution in [2.24, 2.45) is 5.41 Å². The number of rotatable bonds is 5. The Labute approximate surface area is 127 Å². The number of methoxy groups -OCH3 is 1. The molecule has 0 saturated carbocycles. The number of carbonyl (C=O) groups excluding carboxylic acids is 1. The molecule has 0 spiro atoms. The van der Waals surface area contributed by atoms with E-state index in [4.69, 9.17) is 9.47 Å². The second kappa shape index (κ2) is 6.24. The Morgan fingerprint density at radius 1 is 1.60 bits per heavy atom. The zero-order valence-electron chi connectivity index (χ0n) is 12.0. The predicted octanol–water partition coefficient (Wildman–Crippen LogP) is 1.46. The third-order valence-corrected chi connectivity index (χ3v) is 4.03. The van der Waals surface area contributed by atoms with Crippen molar-refractivity contribution in [1.82, 2.24) is 14.9 Å². The fraction of sp³-hybridized carbons (Fsp3) is 0.692. The van der Waals surface area contributed by atoms with E-state index in [-0.39, 0.29) is 5.97 Å². The lowest BCUT2D eigenvalue weighted by Gasteiger charge is -2.22. The molecule has 20 heavy (non-hydrogen) atoms. The van der Waals surface area contributed by atoms with Crippen molar-refractivity contribution in [3.05, 3.63) is 16.1 Å². The highest BCUT2D eigenvalue weighted by atomic mass is 79.9. The minimum absolute atomic E-state index is 0.215. The van der Waals surface area contributed by atoms with Crippen molar-refractivity contribution in [1.29, 1.82) is 0 Å². The number of nitrogens with zero attached hydrogens (tertiary/aromatic N) is 2. The fourth-order valence-electron chi connectivity index (χ4n) is 2.21. The first-order valence-corrected chi connectivity index (χ1v) is 7.35. The van der Waals surface area contributed by atoms with Gasteiger partial charge in [-0.3, -0.25) is 4.79 Å². The number of nitrogens with one attached hydrogen (secondary N) is 1. The maximum Gasteiger partial charge on any atom is 0.312 e. The number of hydrogen-bond donors (Lipinski definition) is 1. The smallest absolute Gasteiger partial charge is 0.312 e. The molecule has 1 aromatic rings. The van der Waals surface area contributed by atoms with Gasteiger partial charge < -0.3 is 19.4 Å². The van der Waals surface area contributed by atoms with Crippen molar-refractivity contribution in [2.45, 2.75) is 33.5 Å². The molecule has 2 rings (SSSR count). The molecule has 0 aliphatic carbocycles. The van der Waals surface area contributed by atoms with E-state index in [1.165, 1.54) is 7.11 Å². The molecule has 0 bridgehead atoms. The molecule has 0 unspecified atom stereocenters. The number of fused-ring (bicyclic) bond motifs is 1. The van der Waals surface area contributed by atoms with Gasteiger partial charge in [-0.25, -0.2) is 4.98 Å². The minimum atomic E-state index is -0.547. The van der Waals surface area contributed by atoms with Crippen LogP contribution in [0, 0.1) is 5.41 Å². The quantitative estimate of drug-likeness (QED) is 0.818. The molecule has 1 N–H and O–H groups in total. The van der Waals surface area contributed by atoms with Gasteiger partial charge in [-0.15, -0.1) is 0 Å². The maximum absolute atomic E-state index is 11.6. The second-order valence-electron chi connectivity index (χ2n) is 5.45. The lowest BCUT2D eigenvalue weighted by molar-refractivity contribution is -0.150. The van der Waals surface area contributed by atoms with Gasteiger partial charge in [0.25, 0.3) is 0 Å². The topological polar surface area (TPSA) is 65.4 Å². The summed E-state index contributed by atoms with van der Waals surface area (Å²) in [5.41, 5.74) is 0.540. The van der Waals surface area contributed by atoms with Crippen LogP contribution in [0.2, 0.25) is 0 Å². The fourth-order valence-corrected chi connectivity index (χ4v) is 2.77. The Balaban J connectivity index is 1.98. The Kier molecular flexibility index (Phi) is 4.82. The van der Waals surface area contributed by atoms with Crippen LogP contribution >= 0.6 is 15.9 Å². The summed E-state index contributed by atoms with van der Waals surface area (Å²) in [6, 6.07) is 0. The van der Waals surface area contributed by atoms with E-state index < -0.39 is 5.41 Å². The largest absolute Gasteiger partial charge is 0.469 e. The first-order valence-electron chi connectivity index (χ1n) is 6.56. The lowest BCUT2D eigenvalue weighted by Crippen LogP contribution is -2.37. The van der Waals surface area contributed by atoms with Crippen LogP contribution in [0.1, 0.15) is 25.4 Å². The van der Waals surface area contributed by atoms with E-state index in [1.807, 2.05) is 13.8 Å². The molecule has 1 aromatic heterocycles. The number of halogens is 1. The predicted molar refractivity (Wildman–Crippen MR) is 77.1 cm³/mol. The molecule has 0 atom stereocenters. The van der Waals surface area contributed by atoms with Gasteiger partial charge in [0.15, 0.2) is 0 Å². The van der Waals surface area contributed by atoms with Crippen molar-refractivity contribution in [2.75, 3.05) is 20.3 Å². The molecule has 112 valence electrons. The van der Waals surface area contributed by atoms with Crippen molar-refractivity contribution >= 4 is 21.9 Å². The Morgan fingerprint density at radius 2 is 2.35 bits per heavy atom. The molecule has 1 aliphatic rings. The highest BCUT2D eigenvalue weighted by molar-refractivity contribution is 9.10. The first-order chi connectivity index (χ1) is 9.45. The van der Waals surface area contributed by atoms with Crippen LogP contribution in [0.5, 0.6) is 0 Å². The van der Waals surface area contributed by atoms with Gasteiger partial charge in [0.1, 0.15) is 17.0 Å². The second-order valence-corrected chi connectivity index (χ2v) is 6.20. The zero-order valence-corrected chi connectivity index (χ0v) is 13.6. The average molecular weight is 346 g/mol. The summed E-state index contributed by atoms with van der Waals surface area (Å²) < 4.78 is 13.2. The van der Waals surface area contributed by atoms with Crippen LogP contribution in [0.4, 0.5) is 0 Å². The molecule has 0 fully saturated rings. The van der Waals surface area contributed by atoms with Crippen LogP contribution in [-0.2, 0) is 34.0 Å². The molecular formula is C13H20BrN3O3. The molecular weight excluding hydrogens is 326 g/mol. The number of aromatic nitrogens is 2. The number of esters is 1. The number of hydrogen-bond acceptors (Lipinski definition) is 5. The summed E-state index contributed by atoms with van der Waals surface area (Å²) in [6.07, 6.45) is 0. The Morgan fingerprint density at radius 3 is 3.05 bits per heavy atom. The number of carbonyl (C=O) groups is 1. The van der Waals surface area contributed by atoms with Crippen molar-refractivity contribution in [3.8, 4) is 0 Å². The van der Waals surface area contributed by atoms with E-state index in [0.717, 1.165) is 22.7 Å². The molecule has 2 heterocycles. The standard InChI is InChI=1S/C13H20BrN3O3/c1-13(2,12(18)19-3)8-15-6-9-11(14)16-10-7-20-5-4-17(9)10/h15H,4-8H2,1-3H3. The van der Waals surface area contributed by atoms with E-state index in [2.05, 4.69) is 30.8 Å². The van der Waals surface area contributed by atoms with Gasteiger partial charge in [0, 0.05) is 19.6 Å². The van der Waals surface area contributed by atoms with Gasteiger partial charge in [-0.2, -0.15) is 0 Å². The maximum atomic E-state index is 11.6. The summed E-state index contributed by atoms with van der Waals surface area (Å²) in [7, 11) is 1.41. The molecule has 0 saturated heterocycles. The molecule has 0 amide bonds. The summed E-state index contributed by atoms with van der Waals surface area (Å²) >= 11 is 3.48. The van der Waals surface area contributed by atoms with Gasteiger partial charge in [0.05, 0.1) is 24.8 Å². The highest BCUT2D eigenvalue weighted by Gasteiger charge is 2.28. The van der Waals surface area contributed by atoms with Crippen LogP contribution in [-0.4, -0.2) is 35.8 Å². The van der Waals surface area contributed by atoms with Crippen LogP contribution in [0.3, 0.4) is 0 Å². The Hall–Kier alpha value is -0.920. The highest BCUT2D eigenvalue weighted by Crippen LogP contribution is 2.22. The van der Waals surface area contributed by atoms with Crippen molar-refractivity contribution < 1.29 is 14.3 Å². The average Bonchev–Trinajstić information content (AvgIpc) is 2.74. The van der Waals surface area contributed by atoms with E-state index >= 15 is 0 Å². The van der Waals surface area contributed by atoms with Crippen LogP contribution in [0.25, 0.3) is 0 Å². The third kappa shape index (κ3) is 3.21. The zero-order chi connectivity index (χ0) is 14.8. The normalized spacial score (nSPS) is 15.0. The summed E-state index contributed by atoms with van der Waals surface area (Å²) in [4.78, 5) is 16.1. The first kappa shape index (κ1) is 15.5. The molecule has 6 nitrogen and oxygen atoms in total. The van der Waals surface area contributed by atoms with Gasteiger partial charge in [0.2, 0.25) is 0 Å². The summed E-state index contributed by atoms with van der Waals surface area (Å²) in [5.74, 6) is 0.722. The van der Waals surface area contributed by atoms with Crippen LogP contribution < -0.4 is 5.32 Å². The molecule has 0 radical (unpaired) electrons. The van der Waals surface area contributed by atoms with E-state index in [0.29, 0.717) is 26.3 Å². The Bertz CT molecular complexity index is 499. The lowest BCUT2D eigenvalue weighted by atomic mass is 9.94. The number of imidazole rings is 1. The van der Waals surface area contributed by atoms with Gasteiger partial charge in [-0.05, 0) is 29.8 Å². The minimum Gasteiger partial charge on any atom is -0.469 e. The van der Waals surface area contributed by atoms with E-state index in [9.17, 15) is 4.79 Å². The summed E-state index contributed by atoms with van der Waals surface area (Å²) in [6.45, 7) is 6.98. The number of ether oxygens (including phenoxy) is 2. The summed E-state index contributed by atoms with van der Waals surface area (Å²) in [5, 5.41) is 3.30. The van der Waals surface area contributed by atoms with Crippen LogP contribution in [0.15, 0.2) is 4.60 Å².